The molecule has 0 amide bonds. The number of rotatable bonds is 6. The number of imidazole rings is 1. The van der Waals surface area contributed by atoms with Crippen LogP contribution in [-0.2, 0) is 7.05 Å². The maximum absolute atomic E-state index is 17.4. The van der Waals surface area contributed by atoms with E-state index in [1.54, 1.807) is 0 Å². The molecule has 0 aliphatic carbocycles. The van der Waals surface area contributed by atoms with E-state index in [9.17, 15) is 0 Å². The van der Waals surface area contributed by atoms with E-state index in [-0.39, 0.29) is 0 Å². The molecular formula is C50H35FN4OSi. The molecule has 0 radical (unpaired) electrons. The number of hydrogen-bond donors (Lipinski definition) is 0. The van der Waals surface area contributed by atoms with Crippen molar-refractivity contribution in [1.82, 2.24) is 14.5 Å². The summed E-state index contributed by atoms with van der Waals surface area (Å²) in [6.07, 6.45) is 0.412. The SMILES string of the molecule is Cn1c(-c2cccc(C(F)c3ccc4c(c3)N(c3ccccn3)c3ccc5c(oc6ccccc65)c3[Si]4(c3ccccc3)c3ccccc3)c2)nc2ccccc21. The van der Waals surface area contributed by atoms with Crippen molar-refractivity contribution >= 4 is 79.0 Å². The lowest BCUT2D eigenvalue weighted by Crippen LogP contribution is -2.77. The van der Waals surface area contributed by atoms with E-state index in [1.165, 1.54) is 10.4 Å². The second kappa shape index (κ2) is 13.0. The van der Waals surface area contributed by atoms with E-state index in [1.807, 2.05) is 92.1 Å². The van der Waals surface area contributed by atoms with Gasteiger partial charge in [0.05, 0.1) is 16.7 Å². The molecule has 5 nitrogen and oxygen atoms in total. The highest BCUT2D eigenvalue weighted by molar-refractivity contribution is 7.22. The summed E-state index contributed by atoms with van der Waals surface area (Å²) >= 11 is 0. The van der Waals surface area contributed by atoms with Crippen LogP contribution in [0, 0.1) is 0 Å². The van der Waals surface area contributed by atoms with Crippen LogP contribution in [0.15, 0.2) is 193 Å². The fourth-order valence-corrected chi connectivity index (χ4v) is 14.3. The lowest BCUT2D eigenvalue weighted by atomic mass is 9.99. The molecule has 0 fully saturated rings. The van der Waals surface area contributed by atoms with Crippen molar-refractivity contribution in [2.24, 2.45) is 7.05 Å². The molecule has 0 bridgehead atoms. The van der Waals surface area contributed by atoms with Crippen LogP contribution in [0.5, 0.6) is 0 Å². The van der Waals surface area contributed by atoms with Crippen molar-refractivity contribution in [2.45, 2.75) is 6.17 Å². The highest BCUT2D eigenvalue weighted by atomic mass is 28.3. The fraction of sp³-hybridized carbons (Fsp3) is 0.0400. The van der Waals surface area contributed by atoms with Crippen molar-refractivity contribution in [1.29, 1.82) is 0 Å². The third-order valence-electron chi connectivity index (χ3n) is 11.6. The van der Waals surface area contributed by atoms with E-state index < -0.39 is 14.2 Å². The van der Waals surface area contributed by atoms with Gasteiger partial charge in [0.1, 0.15) is 22.8 Å². The van der Waals surface area contributed by atoms with Crippen LogP contribution in [0.25, 0.3) is 44.4 Å². The fourth-order valence-electron chi connectivity index (χ4n) is 9.11. The zero-order valence-electron chi connectivity index (χ0n) is 31.1. The molecule has 3 aromatic heterocycles. The standard InChI is InChI=1S/C50H35FN4OSi/c1-54-41-23-10-9-22-40(41)53-50(54)35-16-14-15-33(31-35)47(51)34-26-29-45-43(32-34)55(46-25-12-13-30-52-46)42-28-27-39-38-21-8-11-24-44(38)56-48(39)49(42)57(45,36-17-4-2-5-18-36)37-19-6-3-7-20-37/h2-32,47H,1H3. The highest BCUT2D eigenvalue weighted by Crippen LogP contribution is 2.43. The normalized spacial score (nSPS) is 13.8. The Hall–Kier alpha value is -7.09. The number of alkyl halides is 1. The molecule has 0 spiro atoms. The van der Waals surface area contributed by atoms with Crippen LogP contribution in [0.2, 0.25) is 0 Å². The Morgan fingerprint density at radius 2 is 1.33 bits per heavy atom. The van der Waals surface area contributed by atoms with Crippen LogP contribution in [0.4, 0.5) is 21.6 Å². The Kier molecular flexibility index (Phi) is 7.59. The smallest absolute Gasteiger partial charge is 0.188 e. The predicted octanol–water partition coefficient (Wildman–Crippen LogP) is 9.75. The number of fused-ring (bicyclic) bond motifs is 7. The number of anilines is 3. The van der Waals surface area contributed by atoms with Crippen LogP contribution in [0.1, 0.15) is 17.3 Å². The molecule has 1 aliphatic heterocycles. The Labute approximate surface area is 330 Å². The number of pyridine rings is 1. The summed E-state index contributed by atoms with van der Waals surface area (Å²) in [5, 5.41) is 6.85. The van der Waals surface area contributed by atoms with Gasteiger partial charge in [-0.2, -0.15) is 0 Å². The van der Waals surface area contributed by atoms with Gasteiger partial charge < -0.3 is 8.98 Å². The van der Waals surface area contributed by atoms with Crippen LogP contribution in [-0.4, -0.2) is 22.6 Å². The molecule has 7 heteroatoms. The van der Waals surface area contributed by atoms with Gasteiger partial charge in [0.2, 0.25) is 0 Å². The number of aromatic nitrogens is 3. The van der Waals surface area contributed by atoms with E-state index in [0.717, 1.165) is 71.9 Å². The van der Waals surface area contributed by atoms with Crippen LogP contribution < -0.4 is 25.6 Å². The van der Waals surface area contributed by atoms with Gasteiger partial charge in [0, 0.05) is 40.5 Å². The lowest BCUT2D eigenvalue weighted by Gasteiger charge is -2.44. The van der Waals surface area contributed by atoms with Crippen LogP contribution in [0.3, 0.4) is 0 Å². The number of para-hydroxylation sites is 3. The largest absolute Gasteiger partial charge is 0.456 e. The first-order valence-electron chi connectivity index (χ1n) is 19.2. The summed E-state index contributed by atoms with van der Waals surface area (Å²) < 4.78 is 26.4. The Morgan fingerprint density at radius 1 is 0.614 bits per heavy atom. The number of aryl methyl sites for hydroxylation is 1. The molecule has 0 saturated heterocycles. The molecule has 7 aromatic carbocycles. The first-order chi connectivity index (χ1) is 28.1. The van der Waals surface area contributed by atoms with Gasteiger partial charge >= 0.3 is 0 Å². The van der Waals surface area contributed by atoms with Crippen LogP contribution >= 0.6 is 0 Å². The zero-order valence-corrected chi connectivity index (χ0v) is 32.1. The second-order valence-corrected chi connectivity index (χ2v) is 18.4. The topological polar surface area (TPSA) is 47.1 Å². The maximum Gasteiger partial charge on any atom is 0.188 e. The van der Waals surface area contributed by atoms with E-state index >= 15 is 4.39 Å². The van der Waals surface area contributed by atoms with Crippen molar-refractivity contribution in [3.8, 4) is 11.4 Å². The Balaban J connectivity index is 1.18. The molecule has 0 N–H and O–H groups in total. The number of hydrogen-bond acceptors (Lipinski definition) is 4. The minimum atomic E-state index is -3.19. The summed E-state index contributed by atoms with van der Waals surface area (Å²) in [5.41, 5.74) is 7.53. The maximum atomic E-state index is 17.4. The summed E-state index contributed by atoms with van der Waals surface area (Å²) in [7, 11) is -1.18. The molecule has 1 aliphatic rings. The average molecular weight is 755 g/mol. The van der Waals surface area contributed by atoms with Crippen molar-refractivity contribution < 1.29 is 8.81 Å². The quantitative estimate of drug-likeness (QED) is 0.159. The van der Waals surface area contributed by atoms with Gasteiger partial charge in [0.15, 0.2) is 14.2 Å². The summed E-state index contributed by atoms with van der Waals surface area (Å²) in [4.78, 5) is 12.0. The Bertz CT molecular complexity index is 3090. The Morgan fingerprint density at radius 3 is 2.11 bits per heavy atom. The van der Waals surface area contributed by atoms with Gasteiger partial charge in [-0.25, -0.2) is 14.4 Å². The third kappa shape index (κ3) is 4.99. The molecular weight excluding hydrogens is 720 g/mol. The number of benzene rings is 7. The minimum Gasteiger partial charge on any atom is -0.456 e. The minimum absolute atomic E-state index is 0.564. The van der Waals surface area contributed by atoms with Crippen molar-refractivity contribution in [2.75, 3.05) is 4.90 Å². The molecule has 1 atom stereocenters. The zero-order chi connectivity index (χ0) is 38.1. The first kappa shape index (κ1) is 33.3. The van der Waals surface area contributed by atoms with Gasteiger partial charge in [-0.15, -0.1) is 0 Å². The van der Waals surface area contributed by atoms with E-state index in [2.05, 4.69) is 113 Å². The highest BCUT2D eigenvalue weighted by Gasteiger charge is 2.51. The van der Waals surface area contributed by atoms with E-state index in [4.69, 9.17) is 14.4 Å². The molecule has 11 rings (SSSR count). The second-order valence-electron chi connectivity index (χ2n) is 14.7. The summed E-state index contributed by atoms with van der Waals surface area (Å²) in [6, 6.07) is 62.3. The average Bonchev–Trinajstić information content (AvgIpc) is 3.83. The lowest BCUT2D eigenvalue weighted by molar-refractivity contribution is 0.402. The van der Waals surface area contributed by atoms with Gasteiger partial charge in [-0.05, 0) is 81.3 Å². The van der Waals surface area contributed by atoms with Crippen molar-refractivity contribution in [3.63, 3.8) is 0 Å². The molecule has 10 aromatic rings. The molecule has 272 valence electrons. The van der Waals surface area contributed by atoms with E-state index in [0.29, 0.717) is 11.1 Å². The molecule has 57 heavy (non-hydrogen) atoms. The van der Waals surface area contributed by atoms with Crippen molar-refractivity contribution in [3.05, 3.63) is 199 Å². The van der Waals surface area contributed by atoms with Gasteiger partial charge in [0.25, 0.3) is 0 Å². The number of furan rings is 1. The molecule has 0 saturated carbocycles. The van der Waals surface area contributed by atoms with Gasteiger partial charge in [-0.1, -0.05) is 127 Å². The predicted molar refractivity (Wildman–Crippen MR) is 232 cm³/mol. The number of halogens is 1. The monoisotopic (exact) mass is 754 g/mol. The molecule has 4 heterocycles. The molecule has 1 unspecified atom stereocenters. The van der Waals surface area contributed by atoms with Gasteiger partial charge in [-0.3, -0.25) is 4.90 Å². The first-order valence-corrected chi connectivity index (χ1v) is 21.2. The number of nitrogens with zero attached hydrogens (tertiary/aromatic N) is 4. The summed E-state index contributed by atoms with van der Waals surface area (Å²) in [6.45, 7) is 0. The third-order valence-corrected chi connectivity index (χ3v) is 16.5. The summed E-state index contributed by atoms with van der Waals surface area (Å²) in [5.74, 6) is 1.54.